The quantitative estimate of drug-likeness (QED) is 0.636. The van der Waals surface area contributed by atoms with E-state index in [0.717, 1.165) is 22.5 Å². The van der Waals surface area contributed by atoms with Crippen LogP contribution in [0.5, 0.6) is 0 Å². The zero-order valence-corrected chi connectivity index (χ0v) is 15.5. The summed E-state index contributed by atoms with van der Waals surface area (Å²) >= 11 is 0. The highest BCUT2D eigenvalue weighted by atomic mass is 16.5. The first-order valence-corrected chi connectivity index (χ1v) is 8.64. The van der Waals surface area contributed by atoms with Crippen LogP contribution >= 0.6 is 0 Å². The predicted octanol–water partition coefficient (Wildman–Crippen LogP) is 4.15. The second-order valence-corrected chi connectivity index (χ2v) is 5.98. The number of aryl methyl sites for hydroxylation is 2. The van der Waals surface area contributed by atoms with E-state index in [0.29, 0.717) is 23.9 Å². The van der Waals surface area contributed by atoms with Gasteiger partial charge in [-0.2, -0.15) is 10.1 Å². The lowest BCUT2D eigenvalue weighted by molar-refractivity contribution is 0.0526. The largest absolute Gasteiger partial charge is 0.462 e. The number of esters is 1. The Labute approximate surface area is 157 Å². The number of hydrogen-bond acceptors (Lipinski definition) is 7. The zero-order valence-electron chi connectivity index (χ0n) is 15.5. The molecule has 2 N–H and O–H groups in total. The Morgan fingerprint density at radius 3 is 2.41 bits per heavy atom. The summed E-state index contributed by atoms with van der Waals surface area (Å²) in [5, 5.41) is 14.4. The van der Waals surface area contributed by atoms with E-state index in [1.807, 2.05) is 32.0 Å². The van der Waals surface area contributed by atoms with Crippen LogP contribution in [0.1, 0.15) is 28.4 Å². The van der Waals surface area contributed by atoms with E-state index in [4.69, 9.17) is 4.74 Å². The van der Waals surface area contributed by atoms with Gasteiger partial charge in [-0.25, -0.2) is 4.79 Å². The average molecular weight is 363 g/mol. The summed E-state index contributed by atoms with van der Waals surface area (Å²) in [6.07, 6.45) is 1.54. The number of nitrogens with one attached hydrogen (secondary N) is 2. The molecule has 0 saturated heterocycles. The second-order valence-electron chi connectivity index (χ2n) is 5.98. The number of aromatic nitrogens is 3. The standard InChI is InChI=1S/C20H21N5O2/c1-4-27-19(26)15-8-10-16(11-9-15)22-17-12-21-25-20(23-17)24-18-13(2)6-5-7-14(18)3/h5-12H,4H2,1-3H3,(H2,22,23,24,25). The maximum Gasteiger partial charge on any atom is 0.338 e. The van der Waals surface area contributed by atoms with Crippen LogP contribution in [0.4, 0.5) is 23.1 Å². The van der Waals surface area contributed by atoms with Crippen molar-refractivity contribution in [1.29, 1.82) is 0 Å². The Kier molecular flexibility index (Phi) is 5.61. The van der Waals surface area contributed by atoms with Gasteiger partial charge in [-0.3, -0.25) is 0 Å². The number of carbonyl (C=O) groups excluding carboxylic acids is 1. The first-order valence-electron chi connectivity index (χ1n) is 8.64. The van der Waals surface area contributed by atoms with Crippen molar-refractivity contribution in [2.24, 2.45) is 0 Å². The molecule has 1 aromatic heterocycles. The van der Waals surface area contributed by atoms with Crippen LogP contribution in [0, 0.1) is 13.8 Å². The third-order valence-corrected chi connectivity index (χ3v) is 3.95. The van der Waals surface area contributed by atoms with Gasteiger partial charge in [0.1, 0.15) is 0 Å². The third kappa shape index (κ3) is 4.58. The van der Waals surface area contributed by atoms with Crippen molar-refractivity contribution in [1.82, 2.24) is 15.2 Å². The van der Waals surface area contributed by atoms with Crippen LogP contribution in [-0.4, -0.2) is 27.8 Å². The minimum Gasteiger partial charge on any atom is -0.462 e. The minimum absolute atomic E-state index is 0.340. The Morgan fingerprint density at radius 2 is 1.74 bits per heavy atom. The second kappa shape index (κ2) is 8.27. The van der Waals surface area contributed by atoms with Crippen LogP contribution in [0.15, 0.2) is 48.7 Å². The highest BCUT2D eigenvalue weighted by Crippen LogP contribution is 2.23. The average Bonchev–Trinajstić information content (AvgIpc) is 2.66. The van der Waals surface area contributed by atoms with E-state index in [2.05, 4.69) is 25.8 Å². The molecule has 0 aliphatic carbocycles. The predicted molar refractivity (Wildman–Crippen MR) is 105 cm³/mol. The third-order valence-electron chi connectivity index (χ3n) is 3.95. The van der Waals surface area contributed by atoms with Crippen molar-refractivity contribution in [3.05, 3.63) is 65.4 Å². The fourth-order valence-electron chi connectivity index (χ4n) is 2.59. The number of ether oxygens (including phenoxy) is 1. The van der Waals surface area contributed by atoms with E-state index < -0.39 is 0 Å². The monoisotopic (exact) mass is 363 g/mol. The SMILES string of the molecule is CCOC(=O)c1ccc(Nc2cnnc(Nc3c(C)cccc3C)n2)cc1. The highest BCUT2D eigenvalue weighted by Gasteiger charge is 2.08. The maximum atomic E-state index is 11.7. The molecule has 0 bridgehead atoms. The number of nitrogens with zero attached hydrogens (tertiary/aromatic N) is 3. The minimum atomic E-state index is -0.340. The van der Waals surface area contributed by atoms with Crippen LogP contribution in [-0.2, 0) is 4.74 Å². The Bertz CT molecular complexity index is 921. The van der Waals surface area contributed by atoms with Gasteiger partial charge in [0.05, 0.1) is 18.4 Å². The fraction of sp³-hybridized carbons (Fsp3) is 0.200. The molecule has 0 saturated carbocycles. The lowest BCUT2D eigenvalue weighted by atomic mass is 10.1. The van der Waals surface area contributed by atoms with E-state index in [-0.39, 0.29) is 5.97 Å². The van der Waals surface area contributed by atoms with E-state index >= 15 is 0 Å². The molecule has 0 spiro atoms. The number of para-hydroxylation sites is 1. The molecule has 3 rings (SSSR count). The van der Waals surface area contributed by atoms with Crippen molar-refractivity contribution in [3.8, 4) is 0 Å². The number of hydrogen-bond donors (Lipinski definition) is 2. The normalized spacial score (nSPS) is 10.3. The van der Waals surface area contributed by atoms with Crippen molar-refractivity contribution in [2.45, 2.75) is 20.8 Å². The summed E-state index contributed by atoms with van der Waals surface area (Å²) in [6, 6.07) is 13.0. The number of benzene rings is 2. The molecule has 0 atom stereocenters. The van der Waals surface area contributed by atoms with Gasteiger partial charge in [0.2, 0.25) is 5.95 Å². The first kappa shape index (κ1) is 18.3. The van der Waals surface area contributed by atoms with Gasteiger partial charge in [-0.15, -0.1) is 5.10 Å². The fourth-order valence-corrected chi connectivity index (χ4v) is 2.59. The van der Waals surface area contributed by atoms with Crippen LogP contribution in [0.2, 0.25) is 0 Å². The topological polar surface area (TPSA) is 89.0 Å². The summed E-state index contributed by atoms with van der Waals surface area (Å²) in [5.74, 6) is 0.607. The molecule has 27 heavy (non-hydrogen) atoms. The molecule has 0 unspecified atom stereocenters. The summed E-state index contributed by atoms with van der Waals surface area (Å²) in [4.78, 5) is 16.2. The summed E-state index contributed by atoms with van der Waals surface area (Å²) in [5.41, 5.74) is 4.45. The van der Waals surface area contributed by atoms with Crippen molar-refractivity contribution >= 4 is 29.1 Å². The molecule has 0 fully saturated rings. The lowest BCUT2D eigenvalue weighted by Crippen LogP contribution is -2.05. The first-order chi connectivity index (χ1) is 13.1. The highest BCUT2D eigenvalue weighted by molar-refractivity contribution is 5.89. The Morgan fingerprint density at radius 1 is 1.04 bits per heavy atom. The molecule has 2 aromatic carbocycles. The summed E-state index contributed by atoms with van der Waals surface area (Å²) in [6.45, 7) is 6.17. The van der Waals surface area contributed by atoms with Crippen molar-refractivity contribution in [2.75, 3.05) is 17.2 Å². The van der Waals surface area contributed by atoms with Crippen LogP contribution in [0.3, 0.4) is 0 Å². The van der Waals surface area contributed by atoms with Crippen LogP contribution < -0.4 is 10.6 Å². The smallest absolute Gasteiger partial charge is 0.338 e. The summed E-state index contributed by atoms with van der Waals surface area (Å²) < 4.78 is 4.98. The Balaban J connectivity index is 1.73. The van der Waals surface area contributed by atoms with Crippen molar-refractivity contribution in [3.63, 3.8) is 0 Å². The molecular weight excluding hydrogens is 342 g/mol. The van der Waals surface area contributed by atoms with E-state index in [1.54, 1.807) is 31.2 Å². The van der Waals surface area contributed by atoms with Gasteiger partial charge in [0.15, 0.2) is 5.82 Å². The molecule has 7 nitrogen and oxygen atoms in total. The molecule has 1 heterocycles. The number of rotatable bonds is 6. The van der Waals surface area contributed by atoms with Gasteiger partial charge < -0.3 is 15.4 Å². The molecule has 138 valence electrons. The molecule has 0 aliphatic heterocycles. The lowest BCUT2D eigenvalue weighted by Gasteiger charge is -2.12. The van der Waals surface area contributed by atoms with Crippen molar-refractivity contribution < 1.29 is 9.53 Å². The molecule has 0 radical (unpaired) electrons. The molecule has 3 aromatic rings. The Hall–Kier alpha value is -3.48. The van der Waals surface area contributed by atoms with Gasteiger partial charge >= 0.3 is 5.97 Å². The number of anilines is 4. The zero-order chi connectivity index (χ0) is 19.2. The molecule has 0 amide bonds. The van der Waals surface area contributed by atoms with E-state index in [1.165, 1.54) is 6.20 Å². The molecule has 7 heteroatoms. The number of carbonyl (C=O) groups is 1. The maximum absolute atomic E-state index is 11.7. The van der Waals surface area contributed by atoms with Crippen LogP contribution in [0.25, 0.3) is 0 Å². The summed E-state index contributed by atoms with van der Waals surface area (Å²) in [7, 11) is 0. The van der Waals surface area contributed by atoms with Gasteiger partial charge in [-0.1, -0.05) is 18.2 Å². The molecular formula is C20H21N5O2. The molecule has 0 aliphatic rings. The van der Waals surface area contributed by atoms with E-state index in [9.17, 15) is 4.79 Å². The van der Waals surface area contributed by atoms with Gasteiger partial charge in [0, 0.05) is 11.4 Å². The van der Waals surface area contributed by atoms with Gasteiger partial charge in [-0.05, 0) is 56.2 Å². The van der Waals surface area contributed by atoms with Gasteiger partial charge in [0.25, 0.3) is 0 Å².